The summed E-state index contributed by atoms with van der Waals surface area (Å²) in [6, 6.07) is 17.0. The zero-order valence-corrected chi connectivity index (χ0v) is 23.2. The Balaban J connectivity index is 1.52. The molecule has 0 aliphatic rings. The number of aromatic nitrogens is 4. The van der Waals surface area contributed by atoms with E-state index in [-0.39, 0.29) is 0 Å². The second-order valence-corrected chi connectivity index (χ2v) is 11.2. The second kappa shape index (κ2) is 10.7. The number of aromatic amines is 2. The van der Waals surface area contributed by atoms with Gasteiger partial charge in [-0.05, 0) is 80.3 Å². The monoisotopic (exact) mass is 519 g/mol. The van der Waals surface area contributed by atoms with Gasteiger partial charge >= 0.3 is 0 Å². The van der Waals surface area contributed by atoms with Crippen molar-refractivity contribution >= 4 is 38.8 Å². The predicted octanol–water partition coefficient (Wildman–Crippen LogP) is 8.77. The molecular weight excluding hydrogens is 486 g/mol. The summed E-state index contributed by atoms with van der Waals surface area (Å²) in [5, 5.41) is 12.4. The number of nitrogens with one attached hydrogen (secondary N) is 3. The average Bonchev–Trinajstić information content (AvgIpc) is 3.63. The average molecular weight is 520 g/mol. The molecule has 5 nitrogen and oxygen atoms in total. The molecule has 4 heterocycles. The Morgan fingerprint density at radius 2 is 1.97 bits per heavy atom. The molecule has 0 saturated carbocycles. The van der Waals surface area contributed by atoms with Crippen LogP contribution in [0.3, 0.4) is 0 Å². The molecule has 38 heavy (non-hydrogen) atoms. The van der Waals surface area contributed by atoms with E-state index < -0.39 is 0 Å². The van der Waals surface area contributed by atoms with E-state index >= 15 is 0 Å². The van der Waals surface area contributed by atoms with Crippen LogP contribution in [-0.2, 0) is 0 Å². The highest BCUT2D eigenvalue weighted by Crippen LogP contribution is 2.36. The molecule has 0 aliphatic carbocycles. The van der Waals surface area contributed by atoms with Crippen LogP contribution in [0.1, 0.15) is 37.8 Å². The van der Waals surface area contributed by atoms with Crippen LogP contribution in [0.4, 0.5) is 0 Å². The highest BCUT2D eigenvalue weighted by atomic mass is 32.1. The SMILES string of the molecule is C=C/C(=C\C(=C/C)c1ccc2[nH]nc(-c3cc4c(-c5ccc(C)s5)cccc4[nH]3)c2n1)NC(=C)CC(C)C. The van der Waals surface area contributed by atoms with Crippen LogP contribution in [-0.4, -0.2) is 20.2 Å². The van der Waals surface area contributed by atoms with Gasteiger partial charge in [0.15, 0.2) is 0 Å². The van der Waals surface area contributed by atoms with Crippen LogP contribution >= 0.6 is 11.3 Å². The third-order valence-corrected chi connectivity index (χ3v) is 7.48. The zero-order chi connectivity index (χ0) is 26.8. The maximum atomic E-state index is 5.04. The number of pyridine rings is 1. The largest absolute Gasteiger partial charge is 0.359 e. The van der Waals surface area contributed by atoms with Crippen molar-refractivity contribution in [2.45, 2.75) is 34.1 Å². The van der Waals surface area contributed by atoms with Crippen molar-refractivity contribution in [1.29, 1.82) is 0 Å². The van der Waals surface area contributed by atoms with Crippen molar-refractivity contribution in [1.82, 2.24) is 25.5 Å². The van der Waals surface area contributed by atoms with Crippen molar-refractivity contribution in [3.63, 3.8) is 0 Å². The van der Waals surface area contributed by atoms with Crippen LogP contribution in [0, 0.1) is 12.8 Å². The first-order valence-corrected chi connectivity index (χ1v) is 13.7. The summed E-state index contributed by atoms with van der Waals surface area (Å²) in [5.41, 5.74) is 9.48. The van der Waals surface area contributed by atoms with E-state index in [1.807, 2.05) is 36.5 Å². The third-order valence-electron chi connectivity index (χ3n) is 6.45. The first-order chi connectivity index (χ1) is 18.4. The first-order valence-electron chi connectivity index (χ1n) is 12.9. The van der Waals surface area contributed by atoms with Gasteiger partial charge in [-0.15, -0.1) is 11.3 Å². The van der Waals surface area contributed by atoms with Crippen LogP contribution < -0.4 is 5.32 Å². The summed E-state index contributed by atoms with van der Waals surface area (Å²) >= 11 is 1.81. The number of rotatable bonds is 9. The zero-order valence-electron chi connectivity index (χ0n) is 22.4. The lowest BCUT2D eigenvalue weighted by molar-refractivity contribution is 0.622. The lowest BCUT2D eigenvalue weighted by Crippen LogP contribution is -2.12. The lowest BCUT2D eigenvalue weighted by Gasteiger charge is -2.13. The van der Waals surface area contributed by atoms with Crippen molar-refractivity contribution in [2.75, 3.05) is 0 Å². The number of allylic oxidation sites excluding steroid dienone is 5. The predicted molar refractivity (Wildman–Crippen MR) is 163 cm³/mol. The Morgan fingerprint density at radius 1 is 1.13 bits per heavy atom. The number of thiophene rings is 1. The van der Waals surface area contributed by atoms with Gasteiger partial charge in [0.1, 0.15) is 11.2 Å². The standard InChI is InChI=1S/C32H33N5S/c1-7-22(17-23(8-2)33-20(5)16-19(3)4)26-13-14-28-31(35-26)32(37-36-28)29-18-25-24(10-9-11-27(25)34-29)30-15-12-21(6)38-30/h7-15,17-19,33-34H,2,5,16H2,1,3-4,6H3,(H,36,37)/b22-7+,23-17+. The Hall–Kier alpha value is -4.16. The Morgan fingerprint density at radius 3 is 2.68 bits per heavy atom. The number of nitrogens with zero attached hydrogens (tertiary/aromatic N) is 2. The van der Waals surface area contributed by atoms with E-state index in [1.165, 1.54) is 20.7 Å². The highest BCUT2D eigenvalue weighted by molar-refractivity contribution is 7.15. The van der Waals surface area contributed by atoms with Crippen molar-refractivity contribution < 1.29 is 0 Å². The van der Waals surface area contributed by atoms with Crippen molar-refractivity contribution in [2.24, 2.45) is 5.92 Å². The second-order valence-electron chi connectivity index (χ2n) is 9.90. The Kier molecular flexibility index (Phi) is 7.16. The van der Waals surface area contributed by atoms with Gasteiger partial charge in [0.05, 0.1) is 16.9 Å². The Labute approximate surface area is 227 Å². The molecule has 0 bridgehead atoms. The summed E-state index contributed by atoms with van der Waals surface area (Å²) in [6.07, 6.45) is 6.83. The smallest absolute Gasteiger partial charge is 0.135 e. The van der Waals surface area contributed by atoms with Crippen molar-refractivity contribution in [3.05, 3.63) is 102 Å². The molecule has 5 rings (SSSR count). The number of fused-ring (bicyclic) bond motifs is 2. The van der Waals surface area contributed by atoms with E-state index in [1.54, 1.807) is 0 Å². The highest BCUT2D eigenvalue weighted by Gasteiger charge is 2.16. The van der Waals surface area contributed by atoms with E-state index in [9.17, 15) is 0 Å². The fourth-order valence-corrected chi connectivity index (χ4v) is 5.60. The number of H-pyrrole nitrogens is 2. The topological polar surface area (TPSA) is 69.4 Å². The fourth-order valence-electron chi connectivity index (χ4n) is 4.69. The van der Waals surface area contributed by atoms with Gasteiger partial charge in [-0.25, -0.2) is 4.98 Å². The summed E-state index contributed by atoms with van der Waals surface area (Å²) in [5.74, 6) is 0.529. The fraction of sp³-hybridized carbons (Fsp3) is 0.188. The minimum Gasteiger partial charge on any atom is -0.359 e. The van der Waals surface area contributed by atoms with E-state index in [2.05, 4.69) is 103 Å². The molecule has 0 radical (unpaired) electrons. The van der Waals surface area contributed by atoms with Crippen molar-refractivity contribution in [3.8, 4) is 21.8 Å². The van der Waals surface area contributed by atoms with Crippen LogP contribution in [0.5, 0.6) is 0 Å². The molecule has 4 aromatic heterocycles. The van der Waals surface area contributed by atoms with Crippen LogP contribution in [0.2, 0.25) is 0 Å². The summed E-state index contributed by atoms with van der Waals surface area (Å²) in [6.45, 7) is 16.7. The van der Waals surface area contributed by atoms with E-state index in [0.717, 1.165) is 57.0 Å². The van der Waals surface area contributed by atoms with Gasteiger partial charge in [-0.2, -0.15) is 5.10 Å². The molecule has 0 fully saturated rings. The molecule has 0 atom stereocenters. The normalized spacial score (nSPS) is 12.6. The number of hydrogen-bond donors (Lipinski definition) is 3. The molecule has 5 aromatic rings. The van der Waals surface area contributed by atoms with Gasteiger partial charge in [0.2, 0.25) is 0 Å². The van der Waals surface area contributed by atoms with Gasteiger partial charge in [-0.3, -0.25) is 5.10 Å². The van der Waals surface area contributed by atoms with Gasteiger partial charge in [0, 0.05) is 37.6 Å². The van der Waals surface area contributed by atoms with Gasteiger partial charge < -0.3 is 10.3 Å². The minimum absolute atomic E-state index is 0.529. The molecule has 0 unspecified atom stereocenters. The molecule has 192 valence electrons. The van der Waals surface area contributed by atoms with E-state index in [4.69, 9.17) is 4.98 Å². The maximum Gasteiger partial charge on any atom is 0.135 e. The van der Waals surface area contributed by atoms with Gasteiger partial charge in [-0.1, -0.05) is 45.2 Å². The molecule has 0 spiro atoms. The molecular formula is C32H33N5S. The Bertz CT molecular complexity index is 1710. The molecule has 3 N–H and O–H groups in total. The maximum absolute atomic E-state index is 5.04. The van der Waals surface area contributed by atoms with Crippen LogP contribution in [0.25, 0.3) is 49.3 Å². The molecule has 6 heteroatoms. The summed E-state index contributed by atoms with van der Waals surface area (Å²) < 4.78 is 0. The molecule has 1 aromatic carbocycles. The number of aryl methyl sites for hydroxylation is 1. The quantitative estimate of drug-likeness (QED) is 0.170. The number of benzene rings is 1. The summed E-state index contributed by atoms with van der Waals surface area (Å²) in [4.78, 5) is 11.2. The van der Waals surface area contributed by atoms with E-state index in [0.29, 0.717) is 5.92 Å². The third kappa shape index (κ3) is 5.13. The lowest BCUT2D eigenvalue weighted by atomic mass is 10.1. The summed E-state index contributed by atoms with van der Waals surface area (Å²) in [7, 11) is 0. The molecule has 0 aliphatic heterocycles. The molecule has 0 amide bonds. The minimum atomic E-state index is 0.529. The molecule has 0 saturated heterocycles. The number of hydrogen-bond acceptors (Lipinski definition) is 4. The first kappa shape index (κ1) is 25.5. The van der Waals surface area contributed by atoms with Crippen LogP contribution in [0.15, 0.2) is 91.3 Å². The van der Waals surface area contributed by atoms with Gasteiger partial charge in [0.25, 0.3) is 0 Å².